The number of aromatic amines is 1. The Morgan fingerprint density at radius 1 is 1.13 bits per heavy atom. The normalized spacial score (nSPS) is 16.6. The molecule has 38 heavy (non-hydrogen) atoms. The molecule has 0 aliphatic carbocycles. The highest BCUT2D eigenvalue weighted by atomic mass is 28.3. The molecule has 6 rings (SSSR count). The van der Waals surface area contributed by atoms with Crippen LogP contribution in [-0.4, -0.2) is 75.0 Å². The number of fused-ring (bicyclic) bond motifs is 2. The van der Waals surface area contributed by atoms with Gasteiger partial charge in [-0.2, -0.15) is 14.9 Å². The Labute approximate surface area is 222 Å². The average molecular weight is 531 g/mol. The summed E-state index contributed by atoms with van der Waals surface area (Å²) in [7, 11) is -1.13. The lowest BCUT2D eigenvalue weighted by Gasteiger charge is -2.34. The fraction of sp³-hybridized carbons (Fsp3) is 0.407. The van der Waals surface area contributed by atoms with E-state index in [1.807, 2.05) is 40.2 Å². The third-order valence-corrected chi connectivity index (χ3v) is 8.71. The predicted octanol–water partition coefficient (Wildman–Crippen LogP) is 4.70. The summed E-state index contributed by atoms with van der Waals surface area (Å²) >= 11 is 0. The molecule has 1 fully saturated rings. The Morgan fingerprint density at radius 2 is 2.03 bits per heavy atom. The summed E-state index contributed by atoms with van der Waals surface area (Å²) in [5, 5.41) is 11.5. The van der Waals surface area contributed by atoms with Crippen molar-refractivity contribution >= 4 is 36.0 Å². The molecule has 1 atom stereocenters. The highest BCUT2D eigenvalue weighted by molar-refractivity contribution is 6.76. The summed E-state index contributed by atoms with van der Waals surface area (Å²) < 4.78 is 15.2. The van der Waals surface area contributed by atoms with Crippen molar-refractivity contribution in [2.45, 2.75) is 45.4 Å². The van der Waals surface area contributed by atoms with E-state index in [0.717, 1.165) is 58.2 Å². The topological polar surface area (TPSA) is 98.9 Å². The van der Waals surface area contributed by atoms with E-state index in [0.29, 0.717) is 25.8 Å². The minimum absolute atomic E-state index is 0.218. The Balaban J connectivity index is 1.41. The molecule has 1 aliphatic rings. The predicted molar refractivity (Wildman–Crippen MR) is 151 cm³/mol. The summed E-state index contributed by atoms with van der Waals surface area (Å²) in [6.07, 6.45) is 7.57. The van der Waals surface area contributed by atoms with Crippen LogP contribution in [0, 0.1) is 0 Å². The van der Waals surface area contributed by atoms with E-state index < -0.39 is 8.07 Å². The first-order valence-corrected chi connectivity index (χ1v) is 16.9. The maximum atomic E-state index is 5.90. The monoisotopic (exact) mass is 530 g/mol. The number of aromatic nitrogens is 7. The van der Waals surface area contributed by atoms with Crippen molar-refractivity contribution in [3.63, 3.8) is 0 Å². The number of rotatable bonds is 8. The summed E-state index contributed by atoms with van der Waals surface area (Å²) in [4.78, 5) is 15.2. The minimum Gasteiger partial charge on any atom is -0.377 e. The minimum atomic E-state index is -1.13. The zero-order valence-electron chi connectivity index (χ0n) is 22.4. The van der Waals surface area contributed by atoms with Crippen molar-refractivity contribution in [3.8, 4) is 16.9 Å². The van der Waals surface area contributed by atoms with Gasteiger partial charge in [-0.3, -0.25) is 0 Å². The molecule has 11 heteroatoms. The number of ether oxygens (including phenoxy) is 2. The lowest BCUT2D eigenvalue weighted by atomic mass is 10.0. The van der Waals surface area contributed by atoms with Crippen LogP contribution in [0.15, 0.2) is 49.1 Å². The van der Waals surface area contributed by atoms with Crippen molar-refractivity contribution in [3.05, 3.63) is 49.1 Å². The molecule has 198 valence electrons. The van der Waals surface area contributed by atoms with Gasteiger partial charge in [-0.1, -0.05) is 19.6 Å². The van der Waals surface area contributed by atoms with Gasteiger partial charge in [-0.05, 0) is 42.3 Å². The molecule has 1 aliphatic heterocycles. The van der Waals surface area contributed by atoms with Crippen LogP contribution in [0.25, 0.3) is 39.0 Å². The molecule has 6 heterocycles. The van der Waals surface area contributed by atoms with E-state index in [-0.39, 0.29) is 6.04 Å². The second-order valence-corrected chi connectivity index (χ2v) is 16.7. The Kier molecular flexibility index (Phi) is 6.50. The van der Waals surface area contributed by atoms with Gasteiger partial charge in [0.1, 0.15) is 18.2 Å². The number of pyridine rings is 2. The molecule has 10 nitrogen and oxygen atoms in total. The van der Waals surface area contributed by atoms with E-state index in [1.54, 1.807) is 0 Å². The largest absolute Gasteiger partial charge is 0.377 e. The van der Waals surface area contributed by atoms with Crippen LogP contribution in [0.2, 0.25) is 25.7 Å². The summed E-state index contributed by atoms with van der Waals surface area (Å²) in [6, 6.07) is 9.59. The zero-order valence-corrected chi connectivity index (χ0v) is 23.4. The van der Waals surface area contributed by atoms with E-state index in [4.69, 9.17) is 24.7 Å². The van der Waals surface area contributed by atoms with Crippen molar-refractivity contribution in [1.82, 2.24) is 34.5 Å². The van der Waals surface area contributed by atoms with Gasteiger partial charge in [0, 0.05) is 56.7 Å². The van der Waals surface area contributed by atoms with Gasteiger partial charge in [-0.25, -0.2) is 14.6 Å². The van der Waals surface area contributed by atoms with Crippen molar-refractivity contribution < 1.29 is 9.47 Å². The van der Waals surface area contributed by atoms with Gasteiger partial charge >= 0.3 is 0 Å². The third kappa shape index (κ3) is 4.84. The number of nitrogens with one attached hydrogen (secondary N) is 1. The third-order valence-electron chi connectivity index (χ3n) is 7.00. The Bertz CT molecular complexity index is 1570. The molecule has 0 aromatic carbocycles. The molecular weight excluding hydrogens is 496 g/mol. The standard InChI is InChI=1S/C27H34N8O2Si/c1-19-17-36-12-11-34(19)25-15-22(20-5-8-28-26-21(20)6-9-29-26)23-16-30-35(27(23)31-25)24-7-10-33(32-24)18-37-13-14-38(2,3)4/h5-10,15-16,19H,11-14,17-18H2,1-4H3,(H,28,29)/t19-/m1/s1. The van der Waals surface area contributed by atoms with Gasteiger partial charge in [0.15, 0.2) is 11.5 Å². The molecule has 0 saturated carbocycles. The SMILES string of the molecule is C[C@@H]1COCCN1c1cc(-c2ccnc3[nH]ccc23)c2cnn(-c3ccn(COCC[Si](C)(C)C)n3)c2n1. The molecule has 5 aromatic heterocycles. The number of morpholine rings is 1. The van der Waals surface area contributed by atoms with Crippen LogP contribution in [-0.2, 0) is 16.2 Å². The summed E-state index contributed by atoms with van der Waals surface area (Å²) in [6.45, 7) is 12.5. The molecule has 1 N–H and O–H groups in total. The second kappa shape index (κ2) is 9.97. The summed E-state index contributed by atoms with van der Waals surface area (Å²) in [5.41, 5.74) is 3.78. The molecule has 0 unspecified atom stereocenters. The van der Waals surface area contributed by atoms with E-state index in [2.05, 4.69) is 59.6 Å². The zero-order chi connectivity index (χ0) is 26.3. The van der Waals surface area contributed by atoms with E-state index in [9.17, 15) is 0 Å². The quantitative estimate of drug-likeness (QED) is 0.229. The van der Waals surface area contributed by atoms with Crippen LogP contribution in [0.4, 0.5) is 5.82 Å². The van der Waals surface area contributed by atoms with Gasteiger partial charge < -0.3 is 19.4 Å². The molecular formula is C27H34N8O2Si. The molecule has 0 radical (unpaired) electrons. The molecule has 1 saturated heterocycles. The van der Waals surface area contributed by atoms with Crippen LogP contribution in [0.3, 0.4) is 0 Å². The fourth-order valence-corrected chi connectivity index (χ4v) is 5.62. The highest BCUT2D eigenvalue weighted by Crippen LogP contribution is 2.36. The van der Waals surface area contributed by atoms with Gasteiger partial charge in [-0.15, -0.1) is 0 Å². The highest BCUT2D eigenvalue weighted by Gasteiger charge is 2.24. The maximum Gasteiger partial charge on any atom is 0.177 e. The number of nitrogens with zero attached hydrogens (tertiary/aromatic N) is 7. The molecule has 0 bridgehead atoms. The fourth-order valence-electron chi connectivity index (χ4n) is 4.86. The molecule has 5 aromatic rings. The number of anilines is 1. The van der Waals surface area contributed by atoms with Crippen LogP contribution >= 0.6 is 0 Å². The van der Waals surface area contributed by atoms with Gasteiger partial charge in [0.2, 0.25) is 0 Å². The average Bonchev–Trinajstić information content (AvgIpc) is 3.65. The lowest BCUT2D eigenvalue weighted by molar-refractivity contribution is 0.0785. The maximum absolute atomic E-state index is 5.90. The summed E-state index contributed by atoms with van der Waals surface area (Å²) in [5.74, 6) is 1.61. The van der Waals surface area contributed by atoms with Gasteiger partial charge in [0.05, 0.1) is 25.5 Å². The number of hydrogen-bond acceptors (Lipinski definition) is 7. The number of H-pyrrole nitrogens is 1. The Morgan fingerprint density at radius 3 is 2.87 bits per heavy atom. The van der Waals surface area contributed by atoms with Crippen LogP contribution in [0.1, 0.15) is 6.92 Å². The Hall–Kier alpha value is -3.54. The first-order chi connectivity index (χ1) is 18.4. The molecule has 0 spiro atoms. The number of hydrogen-bond donors (Lipinski definition) is 1. The lowest BCUT2D eigenvalue weighted by Crippen LogP contribution is -2.44. The van der Waals surface area contributed by atoms with E-state index in [1.165, 1.54) is 0 Å². The first-order valence-electron chi connectivity index (χ1n) is 13.1. The van der Waals surface area contributed by atoms with Crippen molar-refractivity contribution in [2.24, 2.45) is 0 Å². The first kappa shape index (κ1) is 24.8. The van der Waals surface area contributed by atoms with Crippen LogP contribution in [0.5, 0.6) is 0 Å². The molecule has 0 amide bonds. The smallest absolute Gasteiger partial charge is 0.177 e. The van der Waals surface area contributed by atoms with Gasteiger partial charge in [0.25, 0.3) is 0 Å². The van der Waals surface area contributed by atoms with Crippen molar-refractivity contribution in [1.29, 1.82) is 0 Å². The van der Waals surface area contributed by atoms with Crippen molar-refractivity contribution in [2.75, 3.05) is 31.3 Å². The second-order valence-electron chi connectivity index (χ2n) is 11.1. The van der Waals surface area contributed by atoms with E-state index >= 15 is 0 Å². The van der Waals surface area contributed by atoms with Crippen LogP contribution < -0.4 is 4.90 Å².